The molecule has 1 unspecified atom stereocenters. The Bertz CT molecular complexity index is 441. The Morgan fingerprint density at radius 1 is 1.56 bits per heavy atom. The van der Waals surface area contributed by atoms with Gasteiger partial charge in [0.15, 0.2) is 5.54 Å². The zero-order chi connectivity index (χ0) is 11.8. The summed E-state index contributed by atoms with van der Waals surface area (Å²) in [6.07, 6.45) is 1.58. The molecule has 1 aliphatic rings. The van der Waals surface area contributed by atoms with Gasteiger partial charge in [-0.3, -0.25) is 14.8 Å². The lowest BCUT2D eigenvalue weighted by Gasteiger charge is -2.24. The molecule has 1 saturated heterocycles. The van der Waals surface area contributed by atoms with Crippen molar-refractivity contribution in [3.63, 3.8) is 0 Å². The quantitative estimate of drug-likeness (QED) is 0.566. The second-order valence-corrected chi connectivity index (χ2v) is 3.55. The molecule has 16 heavy (non-hydrogen) atoms. The van der Waals surface area contributed by atoms with Crippen molar-refractivity contribution in [3.8, 4) is 0 Å². The Morgan fingerprint density at radius 2 is 2.31 bits per heavy atom. The third-order valence-electron chi connectivity index (χ3n) is 2.70. The smallest absolute Gasteiger partial charge is 0.322 e. The molecule has 86 valence electrons. The van der Waals surface area contributed by atoms with E-state index in [1.165, 1.54) is 0 Å². The van der Waals surface area contributed by atoms with Gasteiger partial charge in [0.25, 0.3) is 5.91 Å². The minimum atomic E-state index is -1.19. The maximum atomic E-state index is 11.8. The van der Waals surface area contributed by atoms with Crippen molar-refractivity contribution in [2.75, 3.05) is 6.54 Å². The van der Waals surface area contributed by atoms with Gasteiger partial charge in [0.1, 0.15) is 0 Å². The summed E-state index contributed by atoms with van der Waals surface area (Å²) in [5, 5.41) is 8.81. The molecule has 2 rings (SSSR count). The van der Waals surface area contributed by atoms with Crippen LogP contribution in [-0.4, -0.2) is 28.3 Å². The first-order valence-corrected chi connectivity index (χ1v) is 5.00. The SMILES string of the molecule is CCn1nccc1C1(CN)NC(=O)NC1=O. The Kier molecular flexibility index (Phi) is 2.39. The van der Waals surface area contributed by atoms with Gasteiger partial charge in [0.05, 0.1) is 5.69 Å². The van der Waals surface area contributed by atoms with E-state index in [0.717, 1.165) is 0 Å². The van der Waals surface area contributed by atoms with Gasteiger partial charge in [0.2, 0.25) is 0 Å². The molecule has 7 nitrogen and oxygen atoms in total. The summed E-state index contributed by atoms with van der Waals surface area (Å²) < 4.78 is 1.64. The van der Waals surface area contributed by atoms with Crippen LogP contribution in [0.15, 0.2) is 12.3 Å². The number of nitrogens with zero attached hydrogens (tertiary/aromatic N) is 2. The number of hydrogen-bond acceptors (Lipinski definition) is 4. The molecular formula is C9H13N5O2. The molecule has 0 aromatic carbocycles. The van der Waals surface area contributed by atoms with Crippen molar-refractivity contribution in [2.24, 2.45) is 5.73 Å². The number of carbonyl (C=O) groups excluding carboxylic acids is 2. The summed E-state index contributed by atoms with van der Waals surface area (Å²) in [5.41, 5.74) is 5.03. The predicted molar refractivity (Wildman–Crippen MR) is 55.3 cm³/mol. The molecule has 1 aliphatic heterocycles. The summed E-state index contributed by atoms with van der Waals surface area (Å²) in [6.45, 7) is 2.50. The van der Waals surface area contributed by atoms with E-state index in [9.17, 15) is 9.59 Å². The van der Waals surface area contributed by atoms with E-state index >= 15 is 0 Å². The van der Waals surface area contributed by atoms with Gasteiger partial charge in [-0.05, 0) is 13.0 Å². The van der Waals surface area contributed by atoms with Crippen LogP contribution in [0.1, 0.15) is 12.6 Å². The zero-order valence-electron chi connectivity index (χ0n) is 8.86. The highest BCUT2D eigenvalue weighted by molar-refractivity contribution is 6.07. The summed E-state index contributed by atoms with van der Waals surface area (Å²) in [5.74, 6) is -0.435. The first-order chi connectivity index (χ1) is 7.64. The average molecular weight is 223 g/mol. The van der Waals surface area contributed by atoms with Crippen LogP contribution in [0.2, 0.25) is 0 Å². The van der Waals surface area contributed by atoms with Crippen LogP contribution in [0.4, 0.5) is 4.79 Å². The summed E-state index contributed by atoms with van der Waals surface area (Å²) in [4.78, 5) is 23.0. The van der Waals surface area contributed by atoms with Crippen LogP contribution >= 0.6 is 0 Å². The predicted octanol–water partition coefficient (Wildman–Crippen LogP) is -1.10. The number of carbonyl (C=O) groups is 2. The number of nitrogens with one attached hydrogen (secondary N) is 2. The molecule has 0 saturated carbocycles. The largest absolute Gasteiger partial charge is 0.327 e. The Morgan fingerprint density at radius 3 is 2.81 bits per heavy atom. The Labute approximate surface area is 92.0 Å². The zero-order valence-corrected chi connectivity index (χ0v) is 8.86. The Hall–Kier alpha value is -1.89. The summed E-state index contributed by atoms with van der Waals surface area (Å²) in [7, 11) is 0. The van der Waals surface area contributed by atoms with Crippen molar-refractivity contribution < 1.29 is 9.59 Å². The molecule has 1 atom stereocenters. The molecule has 0 spiro atoms. The van der Waals surface area contributed by atoms with E-state index in [-0.39, 0.29) is 6.54 Å². The lowest BCUT2D eigenvalue weighted by molar-refractivity contribution is -0.124. The number of aryl methyl sites for hydroxylation is 1. The van der Waals surface area contributed by atoms with E-state index in [0.29, 0.717) is 12.2 Å². The standard InChI is InChI=1S/C9H13N5O2/c1-2-14-6(3-4-11-14)9(5-10)7(15)12-8(16)13-9/h3-4H,2,5,10H2,1H3,(H2,12,13,15,16). The summed E-state index contributed by atoms with van der Waals surface area (Å²) >= 11 is 0. The number of urea groups is 1. The van der Waals surface area contributed by atoms with Crippen LogP contribution in [-0.2, 0) is 16.9 Å². The minimum absolute atomic E-state index is 0.00370. The van der Waals surface area contributed by atoms with Crippen molar-refractivity contribution in [1.82, 2.24) is 20.4 Å². The van der Waals surface area contributed by atoms with Crippen LogP contribution in [0.5, 0.6) is 0 Å². The third kappa shape index (κ3) is 1.28. The molecule has 3 amide bonds. The van der Waals surface area contributed by atoms with Gasteiger partial charge >= 0.3 is 6.03 Å². The summed E-state index contributed by atoms with van der Waals surface area (Å²) in [6, 6.07) is 1.15. The fraction of sp³-hybridized carbons (Fsp3) is 0.444. The first-order valence-electron chi connectivity index (χ1n) is 5.00. The third-order valence-corrected chi connectivity index (χ3v) is 2.70. The van der Waals surface area contributed by atoms with E-state index in [2.05, 4.69) is 15.7 Å². The van der Waals surface area contributed by atoms with Gasteiger partial charge < -0.3 is 11.1 Å². The van der Waals surface area contributed by atoms with Gasteiger partial charge in [-0.25, -0.2) is 4.79 Å². The fourth-order valence-corrected chi connectivity index (χ4v) is 1.87. The molecule has 7 heteroatoms. The van der Waals surface area contributed by atoms with Crippen LogP contribution in [0.25, 0.3) is 0 Å². The van der Waals surface area contributed by atoms with Gasteiger partial charge in [-0.2, -0.15) is 5.10 Å². The lowest BCUT2D eigenvalue weighted by atomic mass is 9.95. The maximum Gasteiger partial charge on any atom is 0.322 e. The molecule has 1 fully saturated rings. The van der Waals surface area contributed by atoms with E-state index in [4.69, 9.17) is 5.73 Å². The normalized spacial score (nSPS) is 24.4. The molecule has 1 aromatic rings. The first kappa shape index (κ1) is 10.6. The average Bonchev–Trinajstić information content (AvgIpc) is 2.83. The number of amides is 3. The fourth-order valence-electron chi connectivity index (χ4n) is 1.87. The highest BCUT2D eigenvalue weighted by atomic mass is 16.2. The maximum absolute atomic E-state index is 11.8. The second-order valence-electron chi connectivity index (χ2n) is 3.55. The van der Waals surface area contributed by atoms with Crippen molar-refractivity contribution in [3.05, 3.63) is 18.0 Å². The van der Waals surface area contributed by atoms with Gasteiger partial charge in [0, 0.05) is 19.3 Å². The second kappa shape index (κ2) is 3.60. The van der Waals surface area contributed by atoms with Crippen molar-refractivity contribution in [1.29, 1.82) is 0 Å². The highest BCUT2D eigenvalue weighted by Gasteiger charge is 2.48. The minimum Gasteiger partial charge on any atom is -0.327 e. The topological polar surface area (TPSA) is 102 Å². The molecule has 0 aliphatic carbocycles. The molecule has 0 radical (unpaired) electrons. The highest BCUT2D eigenvalue weighted by Crippen LogP contribution is 2.23. The van der Waals surface area contributed by atoms with Gasteiger partial charge in [-0.15, -0.1) is 0 Å². The molecule has 2 heterocycles. The molecule has 1 aromatic heterocycles. The number of aromatic nitrogens is 2. The van der Waals surface area contributed by atoms with Gasteiger partial charge in [-0.1, -0.05) is 0 Å². The number of rotatable bonds is 3. The monoisotopic (exact) mass is 223 g/mol. The molecule has 4 N–H and O–H groups in total. The number of hydrogen-bond donors (Lipinski definition) is 3. The number of imide groups is 1. The van der Waals surface area contributed by atoms with Crippen molar-refractivity contribution >= 4 is 11.9 Å². The Balaban J connectivity index is 2.50. The van der Waals surface area contributed by atoms with E-state index < -0.39 is 17.5 Å². The lowest BCUT2D eigenvalue weighted by Crippen LogP contribution is -2.51. The van der Waals surface area contributed by atoms with Crippen LogP contribution in [0, 0.1) is 0 Å². The van der Waals surface area contributed by atoms with Crippen LogP contribution in [0.3, 0.4) is 0 Å². The van der Waals surface area contributed by atoms with E-state index in [1.807, 2.05) is 6.92 Å². The molecular weight excluding hydrogens is 210 g/mol. The number of nitrogens with two attached hydrogens (primary N) is 1. The van der Waals surface area contributed by atoms with Crippen LogP contribution < -0.4 is 16.4 Å². The molecule has 0 bridgehead atoms. The van der Waals surface area contributed by atoms with Crippen molar-refractivity contribution in [2.45, 2.75) is 19.0 Å². The van der Waals surface area contributed by atoms with E-state index in [1.54, 1.807) is 16.9 Å².